The van der Waals surface area contributed by atoms with Gasteiger partial charge in [-0.2, -0.15) is 0 Å². The van der Waals surface area contributed by atoms with E-state index in [0.29, 0.717) is 6.61 Å². The first-order valence-corrected chi connectivity index (χ1v) is 29.6. The normalized spacial score (nSPS) is 26.5. The quantitative estimate of drug-likeness (QED) is 0.0474. The van der Waals surface area contributed by atoms with Crippen molar-refractivity contribution in [3.63, 3.8) is 0 Å². The van der Waals surface area contributed by atoms with E-state index in [1.165, 1.54) is 43.3 Å². The molecule has 0 radical (unpaired) electrons. The number of amides is 7. The second kappa shape index (κ2) is 31.5. The minimum absolute atomic E-state index is 0.0633. The number of benzene rings is 4. The molecular weight excluding hydrogens is 1140 g/mol. The van der Waals surface area contributed by atoms with Gasteiger partial charge in [0, 0.05) is 50.5 Å². The van der Waals surface area contributed by atoms with Crippen molar-refractivity contribution in [2.24, 2.45) is 17.4 Å². The van der Waals surface area contributed by atoms with Gasteiger partial charge in [-0.25, -0.2) is 0 Å². The van der Waals surface area contributed by atoms with Gasteiger partial charge in [0.1, 0.15) is 66.1 Å². The monoisotopic (exact) mass is 1230 g/mol. The summed E-state index contributed by atoms with van der Waals surface area (Å²) in [6, 6.07) is 15.5. The number of ether oxygens (including phenoxy) is 3. The molecule has 3 aliphatic heterocycles. The molecule has 0 saturated carbocycles. The number of rotatable bonds is 20. The fourth-order valence-electron chi connectivity index (χ4n) is 10.9. The second-order valence-electron chi connectivity index (χ2n) is 22.5. The predicted octanol–water partition coefficient (Wildman–Crippen LogP) is -0.961. The van der Waals surface area contributed by atoms with Gasteiger partial charge in [0.15, 0.2) is 6.23 Å². The van der Waals surface area contributed by atoms with E-state index in [2.05, 4.69) is 33.5 Å². The molecule has 0 aliphatic carbocycles. The molecule has 0 aromatic heterocycles. The highest BCUT2D eigenvalue weighted by molar-refractivity contribution is 6.00. The van der Waals surface area contributed by atoms with E-state index in [-0.39, 0.29) is 49.7 Å². The van der Waals surface area contributed by atoms with Gasteiger partial charge in [-0.15, -0.1) is 0 Å². The van der Waals surface area contributed by atoms with Crippen molar-refractivity contribution >= 4 is 41.4 Å². The van der Waals surface area contributed by atoms with Gasteiger partial charge in [-0.1, -0.05) is 87.4 Å². The maximum absolute atomic E-state index is 15.0. The molecule has 26 nitrogen and oxygen atoms in total. The number of hydrogen-bond donors (Lipinski definition) is 14. The Morgan fingerprint density at radius 1 is 0.636 bits per heavy atom. The molecule has 0 unspecified atom stereocenters. The number of phenolic OH excluding ortho intramolecular Hbond substituents is 1. The molecular formula is C62H83N9O17. The zero-order valence-electron chi connectivity index (χ0n) is 49.6. The van der Waals surface area contributed by atoms with Crippen molar-refractivity contribution in [3.05, 3.63) is 108 Å². The molecule has 3 aliphatic rings. The third kappa shape index (κ3) is 16.9. The van der Waals surface area contributed by atoms with Crippen molar-refractivity contribution < 1.29 is 83.5 Å². The lowest BCUT2D eigenvalue weighted by Crippen LogP contribution is -2.64. The van der Waals surface area contributed by atoms with E-state index in [1.54, 1.807) is 12.1 Å². The Kier molecular flexibility index (Phi) is 24.3. The summed E-state index contributed by atoms with van der Waals surface area (Å²) in [5.74, 6) is -8.10. The Morgan fingerprint density at radius 3 is 1.74 bits per heavy atom. The van der Waals surface area contributed by atoms with Crippen LogP contribution in [-0.2, 0) is 38.2 Å². The Balaban J connectivity index is 1.25. The van der Waals surface area contributed by atoms with Gasteiger partial charge >= 0.3 is 0 Å². The molecule has 16 N–H and O–H groups in total. The number of carbonyl (C=O) groups excluding carboxylic acids is 7. The fraction of sp³-hybridized carbons (Fsp3) is 0.500. The summed E-state index contributed by atoms with van der Waals surface area (Å²) in [6.07, 6.45) is -11.8. The predicted molar refractivity (Wildman–Crippen MR) is 319 cm³/mol. The molecule has 478 valence electrons. The van der Waals surface area contributed by atoms with Gasteiger partial charge < -0.3 is 97.8 Å². The summed E-state index contributed by atoms with van der Waals surface area (Å²) in [5.41, 5.74) is 15.3. The van der Waals surface area contributed by atoms with Crippen molar-refractivity contribution in [3.8, 4) is 33.8 Å². The number of nitrogens with one attached hydrogen (secondary N) is 5. The average Bonchev–Trinajstić information content (AvgIpc) is 3.28. The number of carbonyl (C=O) groups is 7. The third-order valence-corrected chi connectivity index (χ3v) is 15.9. The minimum Gasteiger partial charge on any atom is -0.508 e. The first kappa shape index (κ1) is 67.9. The molecule has 88 heavy (non-hydrogen) atoms. The lowest BCUT2D eigenvalue weighted by molar-refractivity contribution is -0.150. The molecule has 3 heterocycles. The fourth-order valence-corrected chi connectivity index (χ4v) is 10.9. The van der Waals surface area contributed by atoms with Gasteiger partial charge in [0.2, 0.25) is 35.4 Å². The lowest BCUT2D eigenvalue weighted by atomic mass is 9.96. The standard InChI is InChI=1S/C62H83N9O17/c1-5-6-7-26-86-44-22-18-39(19-23-44)37-10-8-36(9-11-37)38-12-14-41(15-13-38)55(79)65-45-30-47(87-27-24-63)60(88-28-25-64)69-59(83)51-52(76)33(2)31-71(51)62(85)49(35(4)73)67-58(82)50(54(78)53(77)40-16-20-42(74)21-17-40)68-57(81)46-29-43(75)32-70(46)61(84)48(34(3)72)66-56(45)80/h8-23,33-35,43,45-54,60,72-78H,5-7,24-32,63-64H2,1-4H3,(H,65,79)(H,66,80)(H,67,82)(H,68,81)(H,69,83)/t33-,34+,35+,43+,45-,46-,47+,48-,49-,50-,51-,52-,53-,54-,60+/m0/s1. The van der Waals surface area contributed by atoms with Gasteiger partial charge in [-0.3, -0.25) is 33.6 Å². The van der Waals surface area contributed by atoms with Crippen LogP contribution in [0.3, 0.4) is 0 Å². The lowest BCUT2D eigenvalue weighted by Gasteiger charge is -2.35. The largest absolute Gasteiger partial charge is 0.508 e. The molecule has 0 spiro atoms. The molecule has 7 amide bonds. The Labute approximate surface area is 509 Å². The van der Waals surface area contributed by atoms with E-state index in [4.69, 9.17) is 25.7 Å². The van der Waals surface area contributed by atoms with Gasteiger partial charge in [0.25, 0.3) is 5.91 Å². The zero-order valence-corrected chi connectivity index (χ0v) is 49.6. The van der Waals surface area contributed by atoms with Crippen LogP contribution in [0, 0.1) is 5.92 Å². The zero-order chi connectivity index (χ0) is 63.9. The summed E-state index contributed by atoms with van der Waals surface area (Å²) in [5, 5.41) is 90.7. The van der Waals surface area contributed by atoms with Crippen LogP contribution >= 0.6 is 0 Å². The number of nitrogens with zero attached hydrogens (tertiary/aromatic N) is 2. The summed E-state index contributed by atoms with van der Waals surface area (Å²) in [7, 11) is 0. The summed E-state index contributed by atoms with van der Waals surface area (Å²) in [6.45, 7) is 4.92. The Bertz CT molecular complexity index is 2990. The highest BCUT2D eigenvalue weighted by atomic mass is 16.6. The molecule has 26 heteroatoms. The number of fused-ring (bicyclic) bond motifs is 2. The van der Waals surface area contributed by atoms with Crippen LogP contribution < -0.4 is 42.8 Å². The van der Waals surface area contributed by atoms with Gasteiger partial charge in [-0.05, 0) is 84.5 Å². The van der Waals surface area contributed by atoms with Crippen molar-refractivity contribution in [2.75, 3.05) is 46.0 Å². The number of nitrogens with two attached hydrogens (primary N) is 2. The molecule has 3 fully saturated rings. The van der Waals surface area contributed by atoms with Gasteiger partial charge in [0.05, 0.1) is 44.2 Å². The number of aliphatic hydroxyl groups is 6. The van der Waals surface area contributed by atoms with Crippen molar-refractivity contribution in [1.82, 2.24) is 36.4 Å². The van der Waals surface area contributed by atoms with Crippen LogP contribution in [0.15, 0.2) is 97.1 Å². The molecule has 15 atom stereocenters. The van der Waals surface area contributed by atoms with Crippen LogP contribution in [0.25, 0.3) is 22.3 Å². The maximum atomic E-state index is 15.0. The highest BCUT2D eigenvalue weighted by Crippen LogP contribution is 2.30. The second-order valence-corrected chi connectivity index (χ2v) is 22.5. The molecule has 4 aromatic carbocycles. The smallest absolute Gasteiger partial charge is 0.251 e. The molecule has 7 rings (SSSR count). The number of aromatic hydroxyl groups is 1. The topological polar surface area (TPSA) is 407 Å². The van der Waals surface area contributed by atoms with Crippen LogP contribution in [-0.4, -0.2) is 212 Å². The van der Waals surface area contributed by atoms with E-state index >= 15 is 0 Å². The van der Waals surface area contributed by atoms with Crippen molar-refractivity contribution in [2.45, 2.75) is 145 Å². The number of phenols is 1. The van der Waals surface area contributed by atoms with E-state index in [9.17, 15) is 69.3 Å². The first-order valence-electron chi connectivity index (χ1n) is 29.6. The summed E-state index contributed by atoms with van der Waals surface area (Å²) < 4.78 is 18.1. The Hall–Kier alpha value is -7.63. The minimum atomic E-state index is -2.29. The van der Waals surface area contributed by atoms with Crippen molar-refractivity contribution in [1.29, 1.82) is 0 Å². The Morgan fingerprint density at radius 2 is 1.17 bits per heavy atom. The van der Waals surface area contributed by atoms with E-state index in [1.807, 2.05) is 48.5 Å². The molecule has 4 aromatic rings. The summed E-state index contributed by atoms with van der Waals surface area (Å²) in [4.78, 5) is 104. The van der Waals surface area contributed by atoms with E-state index in [0.717, 1.165) is 70.9 Å². The van der Waals surface area contributed by atoms with E-state index < -0.39 is 152 Å². The maximum Gasteiger partial charge on any atom is 0.251 e. The number of unbranched alkanes of at least 4 members (excludes halogenated alkanes) is 2. The first-order chi connectivity index (χ1) is 42.0. The average molecular weight is 1230 g/mol. The van der Waals surface area contributed by atoms with Crippen LogP contribution in [0.4, 0.5) is 0 Å². The number of hydrogen-bond acceptors (Lipinski definition) is 19. The highest BCUT2D eigenvalue weighted by Gasteiger charge is 2.50. The van der Waals surface area contributed by atoms with Crippen LogP contribution in [0.1, 0.15) is 81.8 Å². The molecule has 3 saturated heterocycles. The van der Waals surface area contributed by atoms with Crippen LogP contribution in [0.2, 0.25) is 0 Å². The molecule has 0 bridgehead atoms. The summed E-state index contributed by atoms with van der Waals surface area (Å²) >= 11 is 0. The third-order valence-electron chi connectivity index (χ3n) is 15.9. The van der Waals surface area contributed by atoms with Crippen LogP contribution in [0.5, 0.6) is 11.5 Å². The SMILES string of the molecule is CCCCCOc1ccc(-c2ccc(-c3ccc(C(=O)N[C@H]4C[C@@H](OCCN)[C@@H](OCCN)NC(=O)[C@@H]5[C@@H](O)[C@@H](C)CN5C(=O)[C@H]([C@@H](C)O)NC(=O)[C@H]([C@H](O)[C@@H](O)c5ccc(O)cc5)NC(=O)[C@@H]5C[C@@H](O)CN5C(=O)[C@H]([C@@H](C)O)NC4=O)cc3)cc2)cc1. The number of aliphatic hydroxyl groups excluding tert-OH is 6.